The Morgan fingerprint density at radius 3 is 2.83 bits per heavy atom. The molecule has 2 N–H and O–H groups in total. The Morgan fingerprint density at radius 1 is 1.61 bits per heavy atom. The molecule has 0 aromatic carbocycles. The lowest BCUT2D eigenvalue weighted by atomic mass is 10.2. The van der Waals surface area contributed by atoms with Gasteiger partial charge in [0.05, 0.1) is 17.1 Å². The van der Waals surface area contributed by atoms with Crippen molar-refractivity contribution in [2.75, 3.05) is 13.7 Å². The van der Waals surface area contributed by atoms with Crippen molar-refractivity contribution in [1.29, 1.82) is 0 Å². The quantitative estimate of drug-likeness (QED) is 0.759. The van der Waals surface area contributed by atoms with E-state index in [1.54, 1.807) is 5.38 Å². The van der Waals surface area contributed by atoms with Gasteiger partial charge in [-0.3, -0.25) is 4.79 Å². The van der Waals surface area contributed by atoms with E-state index in [0.717, 1.165) is 5.01 Å². The first-order valence-electron chi connectivity index (χ1n) is 5.45. The van der Waals surface area contributed by atoms with E-state index in [4.69, 9.17) is 9.84 Å². The van der Waals surface area contributed by atoms with Gasteiger partial charge in [-0.1, -0.05) is 0 Å². The summed E-state index contributed by atoms with van der Waals surface area (Å²) in [5.41, 5.74) is 0.658. The van der Waals surface area contributed by atoms with Gasteiger partial charge >= 0.3 is 5.97 Å². The molecule has 1 aromatic rings. The van der Waals surface area contributed by atoms with Crippen LogP contribution < -0.4 is 5.32 Å². The number of ether oxygens (including phenoxy) is 1. The van der Waals surface area contributed by atoms with Gasteiger partial charge in [-0.25, -0.2) is 9.78 Å². The van der Waals surface area contributed by atoms with Gasteiger partial charge in [0, 0.05) is 25.5 Å². The average Bonchev–Trinajstić information content (AvgIpc) is 2.69. The predicted octanol–water partition coefficient (Wildman–Crippen LogP) is 0.600. The molecule has 6 nitrogen and oxygen atoms in total. The maximum absolute atomic E-state index is 11.6. The number of carboxylic acids is 1. The molecule has 0 saturated carbocycles. The van der Waals surface area contributed by atoms with Crippen molar-refractivity contribution >= 4 is 23.2 Å². The molecule has 1 heterocycles. The molecule has 18 heavy (non-hydrogen) atoms. The molecule has 0 aliphatic heterocycles. The standard InChI is InChI=1S/C11H16N2O4S/c1-7-12-8(6-18-7)5-10(14)13-9(11(15)16)3-4-17-2/h6,9H,3-5H2,1-2H3,(H,13,14)(H,15,16). The molecule has 7 heteroatoms. The van der Waals surface area contributed by atoms with E-state index in [1.807, 2.05) is 6.92 Å². The van der Waals surface area contributed by atoms with Crippen molar-refractivity contribution < 1.29 is 19.4 Å². The lowest BCUT2D eigenvalue weighted by Crippen LogP contribution is -2.42. The molecular formula is C11H16N2O4S. The van der Waals surface area contributed by atoms with E-state index in [-0.39, 0.29) is 25.4 Å². The summed E-state index contributed by atoms with van der Waals surface area (Å²) in [5.74, 6) is -1.40. The van der Waals surface area contributed by atoms with Gasteiger partial charge in [0.1, 0.15) is 6.04 Å². The van der Waals surface area contributed by atoms with Gasteiger partial charge in [0.15, 0.2) is 0 Å². The third-order valence-corrected chi connectivity index (χ3v) is 3.07. The van der Waals surface area contributed by atoms with Crippen molar-refractivity contribution in [2.24, 2.45) is 0 Å². The molecule has 1 unspecified atom stereocenters. The third-order valence-electron chi connectivity index (χ3n) is 2.25. The molecule has 0 bridgehead atoms. The van der Waals surface area contributed by atoms with Gasteiger partial charge < -0.3 is 15.2 Å². The number of amides is 1. The summed E-state index contributed by atoms with van der Waals surface area (Å²) in [6.45, 7) is 2.14. The summed E-state index contributed by atoms with van der Waals surface area (Å²) in [5, 5.41) is 14.1. The monoisotopic (exact) mass is 272 g/mol. The zero-order chi connectivity index (χ0) is 13.5. The summed E-state index contributed by atoms with van der Waals surface area (Å²) >= 11 is 1.46. The first-order valence-corrected chi connectivity index (χ1v) is 6.33. The maximum atomic E-state index is 11.6. The van der Waals surface area contributed by atoms with Crippen molar-refractivity contribution in [3.05, 3.63) is 16.1 Å². The van der Waals surface area contributed by atoms with Crippen molar-refractivity contribution in [1.82, 2.24) is 10.3 Å². The van der Waals surface area contributed by atoms with E-state index in [1.165, 1.54) is 18.4 Å². The number of nitrogens with zero attached hydrogens (tertiary/aromatic N) is 1. The average molecular weight is 272 g/mol. The van der Waals surface area contributed by atoms with Crippen LogP contribution in [0.2, 0.25) is 0 Å². The molecule has 100 valence electrons. The minimum atomic E-state index is -1.06. The minimum absolute atomic E-state index is 0.0983. The van der Waals surface area contributed by atoms with Gasteiger partial charge in [0.2, 0.25) is 5.91 Å². The number of rotatable bonds is 7. The molecule has 0 fully saturated rings. The zero-order valence-corrected chi connectivity index (χ0v) is 11.1. The number of aryl methyl sites for hydroxylation is 1. The van der Waals surface area contributed by atoms with Gasteiger partial charge in [0.25, 0.3) is 0 Å². The highest BCUT2D eigenvalue weighted by Gasteiger charge is 2.19. The Hall–Kier alpha value is -1.47. The maximum Gasteiger partial charge on any atom is 0.326 e. The molecule has 1 rings (SSSR count). The van der Waals surface area contributed by atoms with Crippen LogP contribution in [0.3, 0.4) is 0 Å². The fourth-order valence-corrected chi connectivity index (χ4v) is 2.00. The van der Waals surface area contributed by atoms with Crippen molar-refractivity contribution in [3.63, 3.8) is 0 Å². The molecule has 0 saturated heterocycles. The summed E-state index contributed by atoms with van der Waals surface area (Å²) in [6, 6.07) is -0.919. The molecule has 1 aromatic heterocycles. The van der Waals surface area contributed by atoms with Crippen LogP contribution in [0.25, 0.3) is 0 Å². The summed E-state index contributed by atoms with van der Waals surface area (Å²) in [7, 11) is 1.48. The highest BCUT2D eigenvalue weighted by molar-refractivity contribution is 7.09. The van der Waals surface area contributed by atoms with Crippen LogP contribution in [0.1, 0.15) is 17.1 Å². The fourth-order valence-electron chi connectivity index (χ4n) is 1.39. The highest BCUT2D eigenvalue weighted by Crippen LogP contribution is 2.08. The number of thiazole rings is 1. The first kappa shape index (κ1) is 14.6. The van der Waals surface area contributed by atoms with E-state index in [9.17, 15) is 9.59 Å². The SMILES string of the molecule is COCCC(NC(=O)Cc1csc(C)n1)C(=O)O. The van der Waals surface area contributed by atoms with E-state index >= 15 is 0 Å². The number of hydrogen-bond acceptors (Lipinski definition) is 5. The van der Waals surface area contributed by atoms with E-state index < -0.39 is 12.0 Å². The molecule has 1 atom stereocenters. The van der Waals surface area contributed by atoms with Crippen LogP contribution >= 0.6 is 11.3 Å². The van der Waals surface area contributed by atoms with E-state index in [2.05, 4.69) is 10.3 Å². The second-order valence-corrected chi connectivity index (χ2v) is 4.84. The fraction of sp³-hybridized carbons (Fsp3) is 0.545. The minimum Gasteiger partial charge on any atom is -0.480 e. The van der Waals surface area contributed by atoms with Crippen LogP contribution in [0.15, 0.2) is 5.38 Å². The normalized spacial score (nSPS) is 12.1. The molecule has 0 radical (unpaired) electrons. The van der Waals surface area contributed by atoms with Crippen LogP contribution in [-0.2, 0) is 20.7 Å². The van der Waals surface area contributed by atoms with E-state index in [0.29, 0.717) is 5.69 Å². The Labute approximate surface area is 109 Å². The lowest BCUT2D eigenvalue weighted by Gasteiger charge is -2.13. The number of methoxy groups -OCH3 is 1. The molecule has 0 spiro atoms. The number of hydrogen-bond donors (Lipinski definition) is 2. The molecular weight excluding hydrogens is 256 g/mol. The Kier molecular flexibility index (Phi) is 5.73. The smallest absolute Gasteiger partial charge is 0.326 e. The van der Waals surface area contributed by atoms with Crippen LogP contribution in [-0.4, -0.2) is 41.7 Å². The van der Waals surface area contributed by atoms with Gasteiger partial charge in [-0.2, -0.15) is 0 Å². The van der Waals surface area contributed by atoms with Gasteiger partial charge in [-0.05, 0) is 6.92 Å². The lowest BCUT2D eigenvalue weighted by molar-refractivity contribution is -0.142. The number of carbonyl (C=O) groups is 2. The second-order valence-electron chi connectivity index (χ2n) is 3.77. The van der Waals surface area contributed by atoms with Crippen LogP contribution in [0.4, 0.5) is 0 Å². The second kappa shape index (κ2) is 7.07. The highest BCUT2D eigenvalue weighted by atomic mass is 32.1. The van der Waals surface area contributed by atoms with Crippen LogP contribution in [0, 0.1) is 6.92 Å². The predicted molar refractivity (Wildman–Crippen MR) is 66.6 cm³/mol. The van der Waals surface area contributed by atoms with Crippen molar-refractivity contribution in [3.8, 4) is 0 Å². The number of carboxylic acid groups (broad SMARTS) is 1. The largest absolute Gasteiger partial charge is 0.480 e. The first-order chi connectivity index (χ1) is 8.52. The Morgan fingerprint density at radius 2 is 2.33 bits per heavy atom. The summed E-state index contributed by atoms with van der Waals surface area (Å²) < 4.78 is 4.80. The third kappa shape index (κ3) is 4.80. The number of aromatic nitrogens is 1. The number of nitrogens with one attached hydrogen (secondary N) is 1. The molecule has 1 amide bonds. The Balaban J connectivity index is 2.48. The van der Waals surface area contributed by atoms with Crippen LogP contribution in [0.5, 0.6) is 0 Å². The summed E-state index contributed by atoms with van der Waals surface area (Å²) in [6.07, 6.45) is 0.342. The van der Waals surface area contributed by atoms with Crippen molar-refractivity contribution in [2.45, 2.75) is 25.8 Å². The Bertz CT molecular complexity index is 419. The molecule has 0 aliphatic rings. The van der Waals surface area contributed by atoms with Gasteiger partial charge in [-0.15, -0.1) is 11.3 Å². The molecule has 0 aliphatic carbocycles. The number of aliphatic carboxylic acids is 1. The number of carbonyl (C=O) groups excluding carboxylic acids is 1. The summed E-state index contributed by atoms with van der Waals surface area (Å²) in [4.78, 5) is 26.7. The topological polar surface area (TPSA) is 88.5 Å². The zero-order valence-electron chi connectivity index (χ0n) is 10.3.